The van der Waals surface area contributed by atoms with Crippen molar-refractivity contribution in [2.45, 2.75) is 12.8 Å². The standard InChI is InChI=1S/C16H15FN2O3/c17-11-7-9(20)5-6-12(11)19-16(22)10-8-18-13-3-1-2-4-14(21)15(10)13/h1,3,5-7,10,18,20H,2,4,8H2,(H,19,22). The number of phenolic OH excluding ortho intramolecular Hbond substituents is 1. The molecule has 3 rings (SSSR count). The van der Waals surface area contributed by atoms with E-state index in [1.807, 2.05) is 12.2 Å². The molecule has 0 aromatic heterocycles. The van der Waals surface area contributed by atoms with Crippen LogP contribution >= 0.6 is 0 Å². The Morgan fingerprint density at radius 3 is 3.00 bits per heavy atom. The van der Waals surface area contributed by atoms with Crippen molar-refractivity contribution >= 4 is 17.4 Å². The van der Waals surface area contributed by atoms with Crippen molar-refractivity contribution in [2.24, 2.45) is 5.92 Å². The van der Waals surface area contributed by atoms with Gasteiger partial charge in [-0.2, -0.15) is 0 Å². The van der Waals surface area contributed by atoms with Gasteiger partial charge in [0.05, 0.1) is 11.6 Å². The van der Waals surface area contributed by atoms with E-state index < -0.39 is 17.6 Å². The minimum atomic E-state index is -0.722. The molecule has 0 fully saturated rings. The van der Waals surface area contributed by atoms with Gasteiger partial charge < -0.3 is 15.7 Å². The van der Waals surface area contributed by atoms with E-state index in [4.69, 9.17) is 0 Å². The van der Waals surface area contributed by atoms with Gasteiger partial charge >= 0.3 is 0 Å². The number of aromatic hydroxyl groups is 1. The van der Waals surface area contributed by atoms with Crippen LogP contribution in [-0.4, -0.2) is 23.3 Å². The van der Waals surface area contributed by atoms with Crippen LogP contribution in [0.1, 0.15) is 12.8 Å². The third-order valence-electron chi connectivity index (χ3n) is 3.79. The Kier molecular flexibility index (Phi) is 3.66. The molecule has 1 heterocycles. The smallest absolute Gasteiger partial charge is 0.234 e. The Bertz CT molecular complexity index is 709. The fourth-order valence-electron chi connectivity index (χ4n) is 2.69. The fourth-order valence-corrected chi connectivity index (χ4v) is 2.69. The molecule has 6 heteroatoms. The van der Waals surface area contributed by atoms with Crippen LogP contribution in [0.25, 0.3) is 0 Å². The van der Waals surface area contributed by atoms with Crippen LogP contribution in [0.2, 0.25) is 0 Å². The van der Waals surface area contributed by atoms with E-state index in [-0.39, 0.29) is 17.2 Å². The molecule has 1 unspecified atom stereocenters. The van der Waals surface area contributed by atoms with E-state index in [1.165, 1.54) is 12.1 Å². The summed E-state index contributed by atoms with van der Waals surface area (Å²) in [5.41, 5.74) is 1.12. The van der Waals surface area contributed by atoms with Crippen LogP contribution in [0.3, 0.4) is 0 Å². The van der Waals surface area contributed by atoms with Crippen molar-refractivity contribution in [3.63, 3.8) is 0 Å². The molecule has 5 nitrogen and oxygen atoms in total. The van der Waals surface area contributed by atoms with Crippen molar-refractivity contribution in [3.8, 4) is 5.75 Å². The zero-order valence-corrected chi connectivity index (χ0v) is 11.7. The lowest BCUT2D eigenvalue weighted by atomic mass is 9.94. The van der Waals surface area contributed by atoms with E-state index in [2.05, 4.69) is 10.6 Å². The highest BCUT2D eigenvalue weighted by Gasteiger charge is 2.35. The van der Waals surface area contributed by atoms with Crippen molar-refractivity contribution < 1.29 is 19.1 Å². The molecule has 0 bridgehead atoms. The Morgan fingerprint density at radius 2 is 2.23 bits per heavy atom. The number of benzene rings is 1. The van der Waals surface area contributed by atoms with Gasteiger partial charge in [-0.15, -0.1) is 0 Å². The highest BCUT2D eigenvalue weighted by Crippen LogP contribution is 2.28. The lowest BCUT2D eigenvalue weighted by Gasteiger charge is -2.14. The maximum absolute atomic E-state index is 13.7. The normalized spacial score (nSPS) is 20.4. The average Bonchev–Trinajstić information content (AvgIpc) is 2.82. The number of phenols is 1. The second-order valence-corrected chi connectivity index (χ2v) is 5.28. The minimum Gasteiger partial charge on any atom is -0.508 e. The zero-order valence-electron chi connectivity index (χ0n) is 11.7. The van der Waals surface area contributed by atoms with Gasteiger partial charge in [-0.05, 0) is 24.6 Å². The molecule has 0 spiro atoms. The molecular weight excluding hydrogens is 287 g/mol. The van der Waals surface area contributed by atoms with Crippen LogP contribution in [0, 0.1) is 11.7 Å². The van der Waals surface area contributed by atoms with Crippen molar-refractivity contribution in [1.82, 2.24) is 5.32 Å². The van der Waals surface area contributed by atoms with Crippen molar-refractivity contribution in [3.05, 3.63) is 47.4 Å². The Morgan fingerprint density at radius 1 is 1.41 bits per heavy atom. The number of carbonyl (C=O) groups excluding carboxylic acids is 2. The quantitative estimate of drug-likeness (QED) is 0.729. The maximum atomic E-state index is 13.7. The molecule has 1 aliphatic heterocycles. The first-order valence-electron chi connectivity index (χ1n) is 7.03. The predicted octanol–water partition coefficient (Wildman–Crippen LogP) is 1.86. The van der Waals surface area contributed by atoms with E-state index in [9.17, 15) is 19.1 Å². The molecule has 1 aliphatic carbocycles. The van der Waals surface area contributed by atoms with Gasteiger partial charge in [0.25, 0.3) is 0 Å². The molecule has 1 aromatic carbocycles. The second kappa shape index (κ2) is 5.63. The van der Waals surface area contributed by atoms with Gasteiger partial charge in [0.15, 0.2) is 5.78 Å². The molecule has 2 aliphatic rings. The number of hydrogen-bond acceptors (Lipinski definition) is 4. The lowest BCUT2D eigenvalue weighted by Crippen LogP contribution is -2.29. The third-order valence-corrected chi connectivity index (χ3v) is 3.79. The lowest BCUT2D eigenvalue weighted by molar-refractivity contribution is -0.121. The summed E-state index contributed by atoms with van der Waals surface area (Å²) in [4.78, 5) is 24.5. The Balaban J connectivity index is 1.82. The predicted molar refractivity (Wildman–Crippen MR) is 78.6 cm³/mol. The minimum absolute atomic E-state index is 0.0199. The summed E-state index contributed by atoms with van der Waals surface area (Å²) >= 11 is 0. The largest absolute Gasteiger partial charge is 0.508 e. The topological polar surface area (TPSA) is 78.4 Å². The van der Waals surface area contributed by atoms with Crippen LogP contribution in [-0.2, 0) is 9.59 Å². The number of amides is 1. The summed E-state index contributed by atoms with van der Waals surface area (Å²) < 4.78 is 13.7. The number of nitrogens with one attached hydrogen (secondary N) is 2. The molecule has 3 N–H and O–H groups in total. The molecule has 1 aromatic rings. The molecule has 0 saturated heterocycles. The van der Waals surface area contributed by atoms with E-state index >= 15 is 0 Å². The molecule has 1 amide bonds. The van der Waals surface area contributed by atoms with E-state index in [1.54, 1.807) is 0 Å². The first kappa shape index (κ1) is 14.3. The number of ketones is 1. The summed E-state index contributed by atoms with van der Waals surface area (Å²) in [6, 6.07) is 3.50. The Hall–Kier alpha value is -2.63. The summed E-state index contributed by atoms with van der Waals surface area (Å²) in [5, 5.41) is 14.7. The van der Waals surface area contributed by atoms with Crippen LogP contribution in [0.4, 0.5) is 10.1 Å². The van der Waals surface area contributed by atoms with Crippen molar-refractivity contribution in [1.29, 1.82) is 0 Å². The van der Waals surface area contributed by atoms with Crippen LogP contribution in [0.15, 0.2) is 41.6 Å². The number of anilines is 1. The SMILES string of the molecule is O=C1CCC=CC2=C1C(C(=O)Nc1ccc(O)cc1F)CN2. The summed E-state index contributed by atoms with van der Waals surface area (Å²) in [6.07, 6.45) is 4.73. The summed E-state index contributed by atoms with van der Waals surface area (Å²) in [5.74, 6) is -2.08. The number of carbonyl (C=O) groups is 2. The first-order chi connectivity index (χ1) is 10.6. The third kappa shape index (κ3) is 2.59. The highest BCUT2D eigenvalue weighted by atomic mass is 19.1. The Labute approximate surface area is 126 Å². The van der Waals surface area contributed by atoms with Gasteiger partial charge in [-0.3, -0.25) is 9.59 Å². The first-order valence-corrected chi connectivity index (χ1v) is 7.03. The molecule has 114 valence electrons. The number of hydrogen-bond donors (Lipinski definition) is 3. The second-order valence-electron chi connectivity index (χ2n) is 5.28. The summed E-state index contributed by atoms with van der Waals surface area (Å²) in [7, 11) is 0. The molecule has 0 radical (unpaired) electrons. The number of Topliss-reactive ketones (excluding diaryl/α,β-unsaturated/α-hetero) is 1. The number of halogens is 1. The number of rotatable bonds is 2. The van der Waals surface area contributed by atoms with E-state index in [0.717, 1.165) is 6.07 Å². The zero-order chi connectivity index (χ0) is 15.7. The fraction of sp³-hybridized carbons (Fsp3) is 0.250. The van der Waals surface area contributed by atoms with Crippen molar-refractivity contribution in [2.75, 3.05) is 11.9 Å². The number of allylic oxidation sites excluding steroid dienone is 2. The molecular formula is C16H15FN2O3. The monoisotopic (exact) mass is 302 g/mol. The average molecular weight is 302 g/mol. The maximum Gasteiger partial charge on any atom is 0.234 e. The van der Waals surface area contributed by atoms with Crippen LogP contribution < -0.4 is 10.6 Å². The van der Waals surface area contributed by atoms with Gasteiger partial charge in [0, 0.05) is 30.3 Å². The molecule has 22 heavy (non-hydrogen) atoms. The molecule has 1 atom stereocenters. The van der Waals surface area contributed by atoms with E-state index in [0.29, 0.717) is 30.7 Å². The van der Waals surface area contributed by atoms with Gasteiger partial charge in [0.1, 0.15) is 11.6 Å². The van der Waals surface area contributed by atoms with Gasteiger partial charge in [-0.1, -0.05) is 6.08 Å². The van der Waals surface area contributed by atoms with Gasteiger partial charge in [-0.25, -0.2) is 4.39 Å². The van der Waals surface area contributed by atoms with Gasteiger partial charge in [0.2, 0.25) is 5.91 Å². The molecule has 0 saturated carbocycles. The highest BCUT2D eigenvalue weighted by molar-refractivity contribution is 6.06. The summed E-state index contributed by atoms with van der Waals surface area (Å²) in [6.45, 7) is 0.312. The van der Waals surface area contributed by atoms with Crippen LogP contribution in [0.5, 0.6) is 5.75 Å².